The molecular formula is C24H39O9P. The van der Waals surface area contributed by atoms with Crippen molar-refractivity contribution in [3.8, 4) is 0 Å². The van der Waals surface area contributed by atoms with Crippen molar-refractivity contribution in [1.29, 1.82) is 0 Å². The van der Waals surface area contributed by atoms with Gasteiger partial charge in [-0.2, -0.15) is 0 Å². The summed E-state index contributed by atoms with van der Waals surface area (Å²) in [6.07, 6.45) is -0.279. The van der Waals surface area contributed by atoms with Gasteiger partial charge in [0.2, 0.25) is 0 Å². The molecule has 0 aliphatic rings. The third kappa shape index (κ3) is 9.47. The SMILES string of the molecule is CC(C)(C)OC(=O)C[C@@H](Cc1ccc(C(OC(C)(C)C)(OC(C)(C)C)P(=O)(O)O)cc1)C(=O)O. The minimum Gasteiger partial charge on any atom is -0.481 e. The van der Waals surface area contributed by atoms with Crippen molar-refractivity contribution in [1.82, 2.24) is 0 Å². The molecule has 1 atom stereocenters. The molecule has 10 heteroatoms. The fraction of sp³-hybridized carbons (Fsp3) is 0.667. The molecule has 1 aromatic rings. The second-order valence-electron chi connectivity index (χ2n) is 11.3. The molecule has 0 aromatic heterocycles. The van der Waals surface area contributed by atoms with E-state index in [0.29, 0.717) is 5.56 Å². The second-order valence-corrected chi connectivity index (χ2v) is 13.0. The smallest absolute Gasteiger partial charge is 0.389 e. The molecule has 0 aliphatic heterocycles. The molecule has 0 amide bonds. The van der Waals surface area contributed by atoms with Crippen LogP contribution in [0.4, 0.5) is 0 Å². The molecule has 3 N–H and O–H groups in total. The van der Waals surface area contributed by atoms with Gasteiger partial charge in [-0.3, -0.25) is 14.2 Å². The lowest BCUT2D eigenvalue weighted by atomic mass is 9.95. The van der Waals surface area contributed by atoms with Crippen molar-refractivity contribution >= 4 is 19.5 Å². The maximum absolute atomic E-state index is 12.7. The molecule has 0 fully saturated rings. The van der Waals surface area contributed by atoms with Gasteiger partial charge in [0.1, 0.15) is 5.60 Å². The Kier molecular flexibility index (Phi) is 9.31. The third-order valence-corrected chi connectivity index (χ3v) is 5.46. The van der Waals surface area contributed by atoms with Gasteiger partial charge < -0.3 is 29.1 Å². The average Bonchev–Trinajstić information content (AvgIpc) is 2.55. The fourth-order valence-electron chi connectivity index (χ4n) is 3.22. The molecule has 0 bridgehead atoms. The molecule has 0 unspecified atom stereocenters. The topological polar surface area (TPSA) is 140 Å². The van der Waals surface area contributed by atoms with Crippen molar-refractivity contribution in [2.24, 2.45) is 5.92 Å². The number of hydrogen-bond acceptors (Lipinski definition) is 6. The number of carboxylic acid groups (broad SMARTS) is 1. The zero-order valence-electron chi connectivity index (χ0n) is 21.5. The summed E-state index contributed by atoms with van der Waals surface area (Å²) in [6, 6.07) is 5.97. The molecule has 0 saturated carbocycles. The van der Waals surface area contributed by atoms with Crippen LogP contribution in [0.2, 0.25) is 0 Å². The largest absolute Gasteiger partial charge is 0.481 e. The highest BCUT2D eigenvalue weighted by Crippen LogP contribution is 2.61. The predicted octanol–water partition coefficient (Wildman–Crippen LogP) is 4.58. The van der Waals surface area contributed by atoms with E-state index in [-0.39, 0.29) is 18.4 Å². The summed E-state index contributed by atoms with van der Waals surface area (Å²) < 4.78 is 29.7. The number of ether oxygens (including phenoxy) is 3. The van der Waals surface area contributed by atoms with Gasteiger partial charge in [0.05, 0.1) is 23.5 Å². The van der Waals surface area contributed by atoms with Crippen LogP contribution in [-0.2, 0) is 40.3 Å². The maximum atomic E-state index is 12.7. The van der Waals surface area contributed by atoms with Crippen LogP contribution in [0.1, 0.15) is 79.9 Å². The van der Waals surface area contributed by atoms with E-state index in [1.165, 1.54) is 12.1 Å². The second kappa shape index (κ2) is 10.5. The molecule has 34 heavy (non-hydrogen) atoms. The molecular weight excluding hydrogens is 463 g/mol. The molecule has 1 rings (SSSR count). The average molecular weight is 503 g/mol. The van der Waals surface area contributed by atoms with Gasteiger partial charge >= 0.3 is 25.1 Å². The summed E-state index contributed by atoms with van der Waals surface area (Å²) in [5, 5.41) is 9.58. The van der Waals surface area contributed by atoms with Crippen LogP contribution < -0.4 is 0 Å². The van der Waals surface area contributed by atoms with E-state index < -0.39 is 47.8 Å². The maximum Gasteiger partial charge on any atom is 0.389 e. The summed E-state index contributed by atoms with van der Waals surface area (Å²) in [7, 11) is -5.02. The molecule has 0 heterocycles. The van der Waals surface area contributed by atoms with Crippen molar-refractivity contribution < 1.29 is 43.3 Å². The number of hydrogen-bond donors (Lipinski definition) is 3. The number of esters is 1. The van der Waals surface area contributed by atoms with Gasteiger partial charge in [-0.25, -0.2) is 0 Å². The first-order chi connectivity index (χ1) is 15.0. The predicted molar refractivity (Wildman–Crippen MR) is 127 cm³/mol. The highest BCUT2D eigenvalue weighted by Gasteiger charge is 2.56. The lowest BCUT2D eigenvalue weighted by Crippen LogP contribution is -2.44. The Balaban J connectivity index is 3.33. The highest BCUT2D eigenvalue weighted by molar-refractivity contribution is 7.52. The minimum absolute atomic E-state index is 0.0258. The van der Waals surface area contributed by atoms with Gasteiger partial charge in [-0.1, -0.05) is 24.3 Å². The lowest BCUT2D eigenvalue weighted by Gasteiger charge is -2.43. The van der Waals surface area contributed by atoms with Crippen LogP contribution in [0.15, 0.2) is 24.3 Å². The first-order valence-electron chi connectivity index (χ1n) is 11.0. The van der Waals surface area contributed by atoms with Crippen LogP contribution in [0.5, 0.6) is 0 Å². The molecule has 0 aliphatic carbocycles. The quantitative estimate of drug-likeness (QED) is 0.251. The van der Waals surface area contributed by atoms with E-state index in [0.717, 1.165) is 0 Å². The zero-order chi connectivity index (χ0) is 26.8. The Morgan fingerprint density at radius 1 is 0.853 bits per heavy atom. The van der Waals surface area contributed by atoms with Gasteiger partial charge in [-0.15, -0.1) is 0 Å². The van der Waals surface area contributed by atoms with Gasteiger partial charge in [0.25, 0.3) is 0 Å². The van der Waals surface area contributed by atoms with Crippen LogP contribution in [0.3, 0.4) is 0 Å². The molecule has 0 saturated heterocycles. The summed E-state index contributed by atoms with van der Waals surface area (Å²) in [5.41, 5.74) is -4.38. The number of benzene rings is 1. The van der Waals surface area contributed by atoms with Crippen LogP contribution >= 0.6 is 7.60 Å². The van der Waals surface area contributed by atoms with Crippen LogP contribution in [0, 0.1) is 5.92 Å². The summed E-state index contributed by atoms with van der Waals surface area (Å²) in [6.45, 7) is 15.1. The van der Waals surface area contributed by atoms with Crippen molar-refractivity contribution in [2.75, 3.05) is 0 Å². The molecule has 1 aromatic carbocycles. The summed E-state index contributed by atoms with van der Waals surface area (Å²) >= 11 is 0. The van der Waals surface area contributed by atoms with E-state index in [1.54, 1.807) is 74.4 Å². The Morgan fingerprint density at radius 3 is 1.62 bits per heavy atom. The molecule has 194 valence electrons. The Labute approximate surface area is 202 Å². The van der Waals surface area contributed by atoms with Crippen molar-refractivity contribution in [2.45, 2.75) is 97.5 Å². The van der Waals surface area contributed by atoms with Gasteiger partial charge in [0, 0.05) is 5.56 Å². The number of aliphatic carboxylic acids is 1. The lowest BCUT2D eigenvalue weighted by molar-refractivity contribution is -0.279. The minimum atomic E-state index is -5.02. The van der Waals surface area contributed by atoms with Gasteiger partial charge in [0.15, 0.2) is 0 Å². The van der Waals surface area contributed by atoms with Crippen molar-refractivity contribution in [3.63, 3.8) is 0 Å². The van der Waals surface area contributed by atoms with Gasteiger partial charge in [-0.05, 0) is 74.3 Å². The zero-order valence-corrected chi connectivity index (χ0v) is 22.4. The number of carboxylic acids is 1. The monoisotopic (exact) mass is 502 g/mol. The van der Waals surface area contributed by atoms with E-state index in [4.69, 9.17) is 14.2 Å². The van der Waals surface area contributed by atoms with E-state index in [9.17, 15) is 29.0 Å². The standard InChI is InChI=1S/C24H39O9P/c1-21(2,3)31-19(25)15-17(20(26)27)14-16-10-12-18(13-11-16)24(34(28,29)30,32-22(4,5)6)33-23(7,8)9/h10-13,17H,14-15H2,1-9H3,(H,26,27)(H2,28,29,30)/t17-/m1/s1. The summed E-state index contributed by atoms with van der Waals surface area (Å²) in [5.74, 6) is -2.79. The van der Waals surface area contributed by atoms with E-state index in [2.05, 4.69) is 0 Å². The number of carbonyl (C=O) groups is 2. The van der Waals surface area contributed by atoms with Crippen LogP contribution in [-0.4, -0.2) is 43.6 Å². The third-order valence-electron chi connectivity index (χ3n) is 4.26. The normalized spacial score (nSPS) is 14.6. The molecule has 9 nitrogen and oxygen atoms in total. The first kappa shape index (κ1) is 30.3. The molecule has 0 radical (unpaired) electrons. The van der Waals surface area contributed by atoms with E-state index >= 15 is 0 Å². The number of rotatable bonds is 9. The number of carbonyl (C=O) groups excluding carboxylic acids is 1. The fourth-order valence-corrected chi connectivity index (χ4v) is 4.49. The first-order valence-corrected chi connectivity index (χ1v) is 12.7. The Morgan fingerprint density at radius 2 is 1.29 bits per heavy atom. The Hall–Kier alpha value is -1.77. The highest BCUT2D eigenvalue weighted by atomic mass is 31.2. The van der Waals surface area contributed by atoms with E-state index in [1.807, 2.05) is 0 Å². The van der Waals surface area contributed by atoms with Crippen LogP contribution in [0.25, 0.3) is 0 Å². The summed E-state index contributed by atoms with van der Waals surface area (Å²) in [4.78, 5) is 44.5. The molecule has 0 spiro atoms. The Bertz CT molecular complexity index is 880. The van der Waals surface area contributed by atoms with Crippen molar-refractivity contribution in [3.05, 3.63) is 35.4 Å².